The third-order valence-electron chi connectivity index (χ3n) is 2.62. The summed E-state index contributed by atoms with van der Waals surface area (Å²) < 4.78 is 0. The van der Waals surface area contributed by atoms with Crippen LogP contribution in [0.3, 0.4) is 0 Å². The van der Waals surface area contributed by atoms with Crippen molar-refractivity contribution in [1.29, 1.82) is 5.26 Å². The van der Waals surface area contributed by atoms with Crippen LogP contribution >= 0.6 is 12.2 Å². The Hall–Kier alpha value is -1.08. The molecule has 0 amide bonds. The van der Waals surface area contributed by atoms with E-state index in [9.17, 15) is 5.11 Å². The van der Waals surface area contributed by atoms with Crippen LogP contribution in [0.1, 0.15) is 39.0 Å². The van der Waals surface area contributed by atoms with Crippen molar-refractivity contribution in [2.45, 2.75) is 39.0 Å². The first-order chi connectivity index (χ1) is 7.70. The lowest BCUT2D eigenvalue weighted by molar-refractivity contribution is 0.377. The largest absolute Gasteiger partial charge is 0.511 e. The number of hydrogen-bond donors (Lipinski definition) is 2. The molecule has 4 heteroatoms. The average Bonchev–Trinajstić information content (AvgIpc) is 3.09. The summed E-state index contributed by atoms with van der Waals surface area (Å²) in [6, 6.07) is 1.99. The van der Waals surface area contributed by atoms with Gasteiger partial charge in [-0.05, 0) is 19.3 Å². The zero-order valence-corrected chi connectivity index (χ0v) is 10.4. The first kappa shape index (κ1) is 13.0. The first-order valence-corrected chi connectivity index (χ1v) is 6.23. The topological polar surface area (TPSA) is 56.0 Å². The Bertz CT molecular complexity index is 326. The summed E-state index contributed by atoms with van der Waals surface area (Å²) in [4.78, 5) is 0.392. The number of nitrogens with one attached hydrogen (secondary N) is 1. The lowest BCUT2D eigenvalue weighted by Gasteiger charge is -2.08. The Morgan fingerprint density at radius 2 is 2.19 bits per heavy atom. The monoisotopic (exact) mass is 238 g/mol. The molecule has 1 aliphatic carbocycles. The van der Waals surface area contributed by atoms with Gasteiger partial charge in [0.2, 0.25) is 0 Å². The normalized spacial score (nSPS) is 16.2. The van der Waals surface area contributed by atoms with Crippen molar-refractivity contribution in [1.82, 2.24) is 5.32 Å². The summed E-state index contributed by atoms with van der Waals surface area (Å²) in [6.07, 6.45) is 5.28. The van der Waals surface area contributed by atoms with Gasteiger partial charge in [0.05, 0.1) is 0 Å². The molecule has 1 rings (SSSR count). The van der Waals surface area contributed by atoms with Gasteiger partial charge in [-0.15, -0.1) is 0 Å². The SMILES string of the molecule is CCCCCNC(=S)/C(C#N)=C(/O)C1CC1. The molecule has 1 saturated carbocycles. The molecule has 0 saturated heterocycles. The maximum atomic E-state index is 9.75. The Morgan fingerprint density at radius 3 is 2.69 bits per heavy atom. The Kier molecular flexibility index (Phi) is 5.27. The second-order valence-electron chi connectivity index (χ2n) is 4.11. The van der Waals surface area contributed by atoms with E-state index in [0.29, 0.717) is 4.99 Å². The molecule has 2 N–H and O–H groups in total. The van der Waals surface area contributed by atoms with E-state index in [-0.39, 0.29) is 17.3 Å². The van der Waals surface area contributed by atoms with Crippen molar-refractivity contribution in [2.75, 3.05) is 6.54 Å². The fraction of sp³-hybridized carbons (Fsp3) is 0.667. The number of nitriles is 1. The van der Waals surface area contributed by atoms with Gasteiger partial charge in [-0.25, -0.2) is 0 Å². The van der Waals surface area contributed by atoms with Crippen LogP contribution in [0.4, 0.5) is 0 Å². The van der Waals surface area contributed by atoms with Crippen molar-refractivity contribution >= 4 is 17.2 Å². The number of aliphatic hydroxyl groups excluding tert-OH is 1. The van der Waals surface area contributed by atoms with Crippen molar-refractivity contribution in [3.05, 3.63) is 11.3 Å². The van der Waals surface area contributed by atoms with Crippen molar-refractivity contribution < 1.29 is 5.11 Å². The van der Waals surface area contributed by atoms with E-state index in [2.05, 4.69) is 12.2 Å². The minimum Gasteiger partial charge on any atom is -0.511 e. The predicted octanol–water partition coefficient (Wildman–Crippen LogP) is 2.84. The van der Waals surface area contributed by atoms with Gasteiger partial charge < -0.3 is 10.4 Å². The van der Waals surface area contributed by atoms with Crippen LogP contribution in [0.5, 0.6) is 0 Å². The highest BCUT2D eigenvalue weighted by molar-refractivity contribution is 7.80. The number of rotatable bonds is 6. The van der Waals surface area contributed by atoms with E-state index in [4.69, 9.17) is 17.5 Å². The molecule has 0 aromatic heterocycles. The Balaban J connectivity index is 2.44. The number of hydrogen-bond acceptors (Lipinski definition) is 3. The first-order valence-electron chi connectivity index (χ1n) is 5.82. The molecule has 1 fully saturated rings. The Morgan fingerprint density at radius 1 is 1.50 bits per heavy atom. The van der Waals surface area contributed by atoms with Gasteiger partial charge in [-0.3, -0.25) is 0 Å². The maximum Gasteiger partial charge on any atom is 0.124 e. The molecule has 1 aliphatic rings. The van der Waals surface area contributed by atoms with Crippen LogP contribution < -0.4 is 5.32 Å². The van der Waals surface area contributed by atoms with Crippen molar-refractivity contribution in [3.8, 4) is 6.07 Å². The van der Waals surface area contributed by atoms with Gasteiger partial charge in [0, 0.05) is 12.5 Å². The van der Waals surface area contributed by atoms with Crippen molar-refractivity contribution in [2.24, 2.45) is 5.92 Å². The molecule has 88 valence electrons. The number of nitrogens with zero attached hydrogens (tertiary/aromatic N) is 1. The summed E-state index contributed by atoms with van der Waals surface area (Å²) in [5, 5.41) is 21.7. The van der Waals surface area contributed by atoms with Gasteiger partial charge in [-0.1, -0.05) is 32.0 Å². The molecule has 0 radical (unpaired) electrons. The van der Waals surface area contributed by atoms with Gasteiger partial charge in [-0.2, -0.15) is 5.26 Å². The number of allylic oxidation sites excluding steroid dienone is 1. The van der Waals surface area contributed by atoms with Gasteiger partial charge >= 0.3 is 0 Å². The summed E-state index contributed by atoms with van der Waals surface area (Å²) in [5.74, 6) is 0.348. The summed E-state index contributed by atoms with van der Waals surface area (Å²) in [5.41, 5.74) is 0.258. The highest BCUT2D eigenvalue weighted by Gasteiger charge is 2.29. The Labute approximate surface area is 102 Å². The van der Waals surface area contributed by atoms with E-state index in [1.165, 1.54) is 0 Å². The zero-order valence-electron chi connectivity index (χ0n) is 9.62. The molecule has 0 aromatic carbocycles. The fourth-order valence-electron chi connectivity index (χ4n) is 1.45. The second-order valence-corrected chi connectivity index (χ2v) is 4.52. The van der Waals surface area contributed by atoms with Crippen LogP contribution in [-0.4, -0.2) is 16.6 Å². The smallest absolute Gasteiger partial charge is 0.124 e. The number of aliphatic hydroxyl groups is 1. The van der Waals surface area contributed by atoms with Crippen LogP contribution in [0.15, 0.2) is 11.3 Å². The third kappa shape index (κ3) is 3.82. The van der Waals surface area contributed by atoms with Gasteiger partial charge in [0.1, 0.15) is 22.4 Å². The molecular weight excluding hydrogens is 220 g/mol. The van der Waals surface area contributed by atoms with Crippen LogP contribution in [0.25, 0.3) is 0 Å². The molecule has 0 bridgehead atoms. The summed E-state index contributed by atoms with van der Waals surface area (Å²) in [7, 11) is 0. The summed E-state index contributed by atoms with van der Waals surface area (Å²) in [6.45, 7) is 2.91. The molecule has 0 aromatic rings. The molecule has 0 atom stereocenters. The zero-order chi connectivity index (χ0) is 12.0. The highest BCUT2D eigenvalue weighted by Crippen LogP contribution is 2.36. The van der Waals surface area contributed by atoms with E-state index in [1.807, 2.05) is 6.07 Å². The third-order valence-corrected chi connectivity index (χ3v) is 2.97. The van der Waals surface area contributed by atoms with E-state index in [0.717, 1.165) is 38.6 Å². The molecule has 0 aliphatic heterocycles. The highest BCUT2D eigenvalue weighted by atomic mass is 32.1. The minimum absolute atomic E-state index is 0.171. The number of unbranched alkanes of at least 4 members (excludes halogenated alkanes) is 2. The van der Waals surface area contributed by atoms with E-state index >= 15 is 0 Å². The average molecular weight is 238 g/mol. The van der Waals surface area contributed by atoms with Crippen LogP contribution in [0, 0.1) is 17.2 Å². The molecule has 3 nitrogen and oxygen atoms in total. The predicted molar refractivity (Wildman–Crippen MR) is 68.1 cm³/mol. The van der Waals surface area contributed by atoms with E-state index < -0.39 is 0 Å². The standard InChI is InChI=1S/C12H18N2OS/c1-2-3-4-7-14-12(16)10(8-13)11(15)9-5-6-9/h9,15H,2-7H2,1H3,(H,14,16)/b11-10+. The summed E-state index contributed by atoms with van der Waals surface area (Å²) >= 11 is 5.10. The minimum atomic E-state index is 0.171. The molecule has 16 heavy (non-hydrogen) atoms. The molecule has 0 heterocycles. The molecule has 0 spiro atoms. The quantitative estimate of drug-likeness (QED) is 0.246. The van der Waals surface area contributed by atoms with E-state index in [1.54, 1.807) is 0 Å². The lowest BCUT2D eigenvalue weighted by atomic mass is 10.2. The van der Waals surface area contributed by atoms with Gasteiger partial charge in [0.25, 0.3) is 0 Å². The molecular formula is C12H18N2OS. The second kappa shape index (κ2) is 6.49. The van der Waals surface area contributed by atoms with Crippen molar-refractivity contribution in [3.63, 3.8) is 0 Å². The van der Waals surface area contributed by atoms with Crippen LogP contribution in [-0.2, 0) is 0 Å². The van der Waals surface area contributed by atoms with Gasteiger partial charge in [0.15, 0.2) is 0 Å². The lowest BCUT2D eigenvalue weighted by Crippen LogP contribution is -2.25. The fourth-order valence-corrected chi connectivity index (χ4v) is 1.70. The maximum absolute atomic E-state index is 9.75. The molecule has 0 unspecified atom stereocenters. The van der Waals surface area contributed by atoms with Crippen LogP contribution in [0.2, 0.25) is 0 Å². The number of thiocarbonyl (C=S) groups is 1.